The summed E-state index contributed by atoms with van der Waals surface area (Å²) in [5, 5.41) is 22.1. The molecule has 27 heavy (non-hydrogen) atoms. The summed E-state index contributed by atoms with van der Waals surface area (Å²) in [6.45, 7) is 6.02. The number of hydrogen-bond acceptors (Lipinski definition) is 5. The van der Waals surface area contributed by atoms with Crippen LogP contribution in [0.1, 0.15) is 5.56 Å². The van der Waals surface area contributed by atoms with E-state index in [1.807, 2.05) is 41.8 Å². The number of para-hydroxylation sites is 1. The Kier molecular flexibility index (Phi) is 5.93. The second kappa shape index (κ2) is 8.55. The molecule has 2 N–H and O–H groups in total. The summed E-state index contributed by atoms with van der Waals surface area (Å²) in [4.78, 5) is 11.9. The van der Waals surface area contributed by atoms with Gasteiger partial charge in [-0.25, -0.2) is 0 Å². The van der Waals surface area contributed by atoms with Crippen molar-refractivity contribution in [2.24, 2.45) is 0 Å². The van der Waals surface area contributed by atoms with Gasteiger partial charge in [-0.2, -0.15) is 0 Å². The average Bonchev–Trinajstić information content (AvgIpc) is 3.09. The molecule has 0 fully saturated rings. The zero-order valence-corrected chi connectivity index (χ0v) is 15.7. The number of aryl methyl sites for hydroxylation is 1. The minimum Gasteiger partial charge on any atom is -0.507 e. The van der Waals surface area contributed by atoms with Crippen LogP contribution < -0.4 is 5.32 Å². The molecule has 138 valence electrons. The summed E-state index contributed by atoms with van der Waals surface area (Å²) in [6.07, 6.45) is 1.63. The van der Waals surface area contributed by atoms with E-state index in [0.717, 1.165) is 11.3 Å². The van der Waals surface area contributed by atoms with Crippen molar-refractivity contribution in [3.63, 3.8) is 0 Å². The molecule has 0 aliphatic heterocycles. The number of phenols is 1. The predicted molar refractivity (Wildman–Crippen MR) is 107 cm³/mol. The van der Waals surface area contributed by atoms with E-state index in [1.54, 1.807) is 24.3 Å². The van der Waals surface area contributed by atoms with Gasteiger partial charge < -0.3 is 10.4 Å². The van der Waals surface area contributed by atoms with E-state index in [4.69, 9.17) is 0 Å². The van der Waals surface area contributed by atoms with Crippen LogP contribution in [0.25, 0.3) is 17.1 Å². The number of aromatic nitrogens is 3. The monoisotopic (exact) mass is 380 g/mol. The second-order valence-corrected chi connectivity index (χ2v) is 6.82. The number of phenolic OH excluding ortho intramolecular Hbond substituents is 1. The molecule has 0 radical (unpaired) electrons. The second-order valence-electron chi connectivity index (χ2n) is 5.88. The fourth-order valence-corrected chi connectivity index (χ4v) is 3.28. The van der Waals surface area contributed by atoms with Crippen molar-refractivity contribution in [2.75, 3.05) is 12.3 Å². The highest BCUT2D eigenvalue weighted by Gasteiger charge is 2.19. The Hall–Kier alpha value is -3.06. The summed E-state index contributed by atoms with van der Waals surface area (Å²) in [5.41, 5.74) is 2.57. The van der Waals surface area contributed by atoms with E-state index < -0.39 is 0 Å². The molecule has 0 aliphatic carbocycles. The van der Waals surface area contributed by atoms with Gasteiger partial charge in [-0.15, -0.1) is 16.8 Å². The first-order chi connectivity index (χ1) is 13.1. The Bertz CT molecular complexity index is 951. The maximum Gasteiger partial charge on any atom is 0.230 e. The van der Waals surface area contributed by atoms with E-state index in [1.165, 1.54) is 11.8 Å². The average molecular weight is 380 g/mol. The van der Waals surface area contributed by atoms with E-state index in [-0.39, 0.29) is 17.4 Å². The van der Waals surface area contributed by atoms with Crippen molar-refractivity contribution in [1.29, 1.82) is 0 Å². The van der Waals surface area contributed by atoms with Gasteiger partial charge in [0.15, 0.2) is 11.0 Å². The minimum absolute atomic E-state index is 0.109. The van der Waals surface area contributed by atoms with Gasteiger partial charge in [0, 0.05) is 12.2 Å². The normalized spacial score (nSPS) is 10.6. The first kappa shape index (κ1) is 18.7. The third-order valence-electron chi connectivity index (χ3n) is 3.85. The van der Waals surface area contributed by atoms with Crippen molar-refractivity contribution < 1.29 is 9.90 Å². The smallest absolute Gasteiger partial charge is 0.230 e. The van der Waals surface area contributed by atoms with Crippen LogP contribution in [0, 0.1) is 6.92 Å². The number of carbonyl (C=O) groups excluding carboxylic acids is 1. The van der Waals surface area contributed by atoms with Crippen molar-refractivity contribution in [3.8, 4) is 22.8 Å². The zero-order chi connectivity index (χ0) is 19.2. The number of rotatable bonds is 7. The maximum absolute atomic E-state index is 11.9. The standard InChI is InChI=1S/C20H20N4O2S/c1-3-12-21-18(26)13-27-20-23-22-19(16-6-4-5-7-17(16)25)24(20)15-10-8-14(2)9-11-15/h3-11,25H,1,12-13H2,2H3,(H,21,26). The molecule has 6 nitrogen and oxygen atoms in total. The van der Waals surface area contributed by atoms with Gasteiger partial charge in [-0.3, -0.25) is 9.36 Å². The van der Waals surface area contributed by atoms with Crippen LogP contribution in [0.3, 0.4) is 0 Å². The van der Waals surface area contributed by atoms with E-state index in [0.29, 0.717) is 23.1 Å². The van der Waals surface area contributed by atoms with Crippen molar-refractivity contribution >= 4 is 17.7 Å². The van der Waals surface area contributed by atoms with Gasteiger partial charge in [-0.1, -0.05) is 47.7 Å². The highest BCUT2D eigenvalue weighted by atomic mass is 32.2. The molecule has 0 saturated carbocycles. The number of amides is 1. The Morgan fingerprint density at radius 1 is 1.22 bits per heavy atom. The number of aromatic hydroxyl groups is 1. The lowest BCUT2D eigenvalue weighted by molar-refractivity contribution is -0.118. The summed E-state index contributed by atoms with van der Waals surface area (Å²) in [7, 11) is 0. The molecule has 3 aromatic rings. The molecule has 1 aromatic heterocycles. The molecule has 0 saturated heterocycles. The number of thioether (sulfide) groups is 1. The van der Waals surface area contributed by atoms with Gasteiger partial charge in [-0.05, 0) is 31.2 Å². The lowest BCUT2D eigenvalue weighted by Gasteiger charge is -2.11. The molecule has 3 rings (SSSR count). The SMILES string of the molecule is C=CCNC(=O)CSc1nnc(-c2ccccc2O)n1-c1ccc(C)cc1. The quantitative estimate of drug-likeness (QED) is 0.485. The van der Waals surface area contributed by atoms with Crippen LogP contribution in [-0.4, -0.2) is 38.1 Å². The molecule has 0 bridgehead atoms. The largest absolute Gasteiger partial charge is 0.507 e. The van der Waals surface area contributed by atoms with Crippen LogP contribution in [0.15, 0.2) is 66.3 Å². The third-order valence-corrected chi connectivity index (χ3v) is 4.78. The lowest BCUT2D eigenvalue weighted by Crippen LogP contribution is -2.25. The summed E-state index contributed by atoms with van der Waals surface area (Å²) < 4.78 is 1.85. The van der Waals surface area contributed by atoms with Gasteiger partial charge in [0.2, 0.25) is 5.91 Å². The summed E-state index contributed by atoms with van der Waals surface area (Å²) in [5.74, 6) is 0.741. The Labute approximate surface area is 162 Å². The van der Waals surface area contributed by atoms with Crippen LogP contribution in [0.2, 0.25) is 0 Å². The van der Waals surface area contributed by atoms with E-state index in [9.17, 15) is 9.90 Å². The van der Waals surface area contributed by atoms with Gasteiger partial charge in [0.05, 0.1) is 11.3 Å². The fourth-order valence-electron chi connectivity index (χ4n) is 2.49. The highest BCUT2D eigenvalue weighted by Crippen LogP contribution is 2.32. The van der Waals surface area contributed by atoms with Crippen molar-refractivity contribution in [1.82, 2.24) is 20.1 Å². The molecule has 1 heterocycles. The van der Waals surface area contributed by atoms with Crippen LogP contribution in [0.5, 0.6) is 5.75 Å². The zero-order valence-electron chi connectivity index (χ0n) is 14.9. The lowest BCUT2D eigenvalue weighted by atomic mass is 10.1. The summed E-state index contributed by atoms with van der Waals surface area (Å²) >= 11 is 1.29. The Morgan fingerprint density at radius 2 is 1.96 bits per heavy atom. The molecule has 0 unspecified atom stereocenters. The maximum atomic E-state index is 11.9. The predicted octanol–water partition coefficient (Wildman–Crippen LogP) is 3.34. The van der Waals surface area contributed by atoms with Gasteiger partial charge in [0.25, 0.3) is 0 Å². The fraction of sp³-hybridized carbons (Fsp3) is 0.150. The number of carbonyl (C=O) groups is 1. The molecular weight excluding hydrogens is 360 g/mol. The van der Waals surface area contributed by atoms with Crippen LogP contribution >= 0.6 is 11.8 Å². The molecule has 7 heteroatoms. The molecule has 0 aliphatic rings. The number of benzene rings is 2. The highest BCUT2D eigenvalue weighted by molar-refractivity contribution is 7.99. The van der Waals surface area contributed by atoms with Gasteiger partial charge in [0.1, 0.15) is 5.75 Å². The van der Waals surface area contributed by atoms with Crippen LogP contribution in [0.4, 0.5) is 0 Å². The first-order valence-electron chi connectivity index (χ1n) is 8.41. The molecule has 2 aromatic carbocycles. The minimum atomic E-state index is -0.109. The van der Waals surface area contributed by atoms with E-state index >= 15 is 0 Å². The van der Waals surface area contributed by atoms with Crippen molar-refractivity contribution in [3.05, 3.63) is 66.7 Å². The van der Waals surface area contributed by atoms with Crippen molar-refractivity contribution in [2.45, 2.75) is 12.1 Å². The van der Waals surface area contributed by atoms with Gasteiger partial charge >= 0.3 is 0 Å². The number of hydrogen-bond donors (Lipinski definition) is 2. The molecule has 0 atom stereocenters. The summed E-state index contributed by atoms with van der Waals surface area (Å²) in [6, 6.07) is 14.9. The number of nitrogens with one attached hydrogen (secondary N) is 1. The number of nitrogens with zero attached hydrogens (tertiary/aromatic N) is 3. The Morgan fingerprint density at radius 3 is 2.67 bits per heavy atom. The Balaban J connectivity index is 1.99. The van der Waals surface area contributed by atoms with E-state index in [2.05, 4.69) is 22.1 Å². The third kappa shape index (κ3) is 4.38. The molecular formula is C20H20N4O2S. The topological polar surface area (TPSA) is 80.0 Å². The first-order valence-corrected chi connectivity index (χ1v) is 9.40. The molecule has 0 spiro atoms. The molecule has 1 amide bonds. The van der Waals surface area contributed by atoms with Crippen LogP contribution in [-0.2, 0) is 4.79 Å².